The maximum absolute atomic E-state index is 13.4. The van der Waals surface area contributed by atoms with Crippen LogP contribution in [-0.2, 0) is 17.9 Å². The van der Waals surface area contributed by atoms with Crippen LogP contribution in [0.2, 0.25) is 0 Å². The van der Waals surface area contributed by atoms with E-state index in [1.165, 1.54) is 17.8 Å². The summed E-state index contributed by atoms with van der Waals surface area (Å²) in [5, 5.41) is 26.3. The van der Waals surface area contributed by atoms with Gasteiger partial charge in [0.2, 0.25) is 0 Å². The zero-order chi connectivity index (χ0) is 30.1. The first-order valence-electron chi connectivity index (χ1n) is 13.5. The summed E-state index contributed by atoms with van der Waals surface area (Å²) in [6.45, 7) is 2.70. The van der Waals surface area contributed by atoms with Crippen molar-refractivity contribution >= 4 is 35.0 Å². The number of nitro groups is 1. The molecular formula is C33H32LiN3O5S. The maximum atomic E-state index is 13.4. The second-order valence-corrected chi connectivity index (χ2v) is 10.9. The van der Waals surface area contributed by atoms with Gasteiger partial charge in [-0.25, -0.2) is 0 Å². The first-order valence-corrected chi connectivity index (χ1v) is 14.9. The molecule has 4 rings (SSSR count). The molecule has 1 N–H and O–H groups in total. The average Bonchev–Trinajstić information content (AvgIpc) is 2.99. The smallest absolute Gasteiger partial charge is 0.548 e. The SMILES string of the molecule is CSCC[C@H](NC(=O)c1ccc(CN(Cc2ccccc2)c2ccccc2[N+](=O)[O-])cc1-c1ccccc1C)C(=O)[O-].[Li+]. The van der Waals surface area contributed by atoms with E-state index in [-0.39, 0.29) is 35.9 Å². The molecule has 216 valence electrons. The Bertz CT molecular complexity index is 1570. The van der Waals surface area contributed by atoms with Crippen LogP contribution >= 0.6 is 11.8 Å². The van der Waals surface area contributed by atoms with Crippen LogP contribution in [-0.4, -0.2) is 34.9 Å². The maximum Gasteiger partial charge on any atom is 1.00 e. The van der Waals surface area contributed by atoms with Crippen LogP contribution in [0, 0.1) is 17.0 Å². The van der Waals surface area contributed by atoms with Gasteiger partial charge in [0.15, 0.2) is 0 Å². The number of carbonyl (C=O) groups excluding carboxylic acids is 2. The van der Waals surface area contributed by atoms with Crippen molar-refractivity contribution in [1.82, 2.24) is 5.32 Å². The molecule has 0 aromatic heterocycles. The van der Waals surface area contributed by atoms with Gasteiger partial charge in [0.1, 0.15) is 5.69 Å². The minimum atomic E-state index is -1.33. The Hall–Kier alpha value is -4.03. The number of anilines is 1. The second kappa shape index (κ2) is 16.0. The normalized spacial score (nSPS) is 11.2. The summed E-state index contributed by atoms with van der Waals surface area (Å²) in [7, 11) is 0. The van der Waals surface area contributed by atoms with E-state index in [1.807, 2.05) is 78.7 Å². The number of nitrogens with zero attached hydrogens (tertiary/aromatic N) is 2. The van der Waals surface area contributed by atoms with Gasteiger partial charge in [0, 0.05) is 24.7 Å². The molecule has 1 amide bonds. The molecule has 10 heteroatoms. The molecule has 0 unspecified atom stereocenters. The van der Waals surface area contributed by atoms with Gasteiger partial charge in [-0.2, -0.15) is 11.8 Å². The van der Waals surface area contributed by atoms with Gasteiger partial charge >= 0.3 is 18.9 Å². The Morgan fingerprint density at radius 1 is 0.884 bits per heavy atom. The largest absolute Gasteiger partial charge is 1.00 e. The molecule has 0 spiro atoms. The third-order valence-electron chi connectivity index (χ3n) is 6.97. The number of carbonyl (C=O) groups is 2. The van der Waals surface area contributed by atoms with Crippen molar-refractivity contribution in [1.29, 1.82) is 0 Å². The molecule has 4 aromatic rings. The van der Waals surface area contributed by atoms with Crippen molar-refractivity contribution in [3.05, 3.63) is 129 Å². The van der Waals surface area contributed by atoms with E-state index >= 15 is 0 Å². The first-order chi connectivity index (χ1) is 20.3. The molecular weight excluding hydrogens is 557 g/mol. The number of amides is 1. The quantitative estimate of drug-likeness (QED) is 0.145. The number of aryl methyl sites for hydroxylation is 1. The molecule has 0 saturated heterocycles. The fourth-order valence-electron chi connectivity index (χ4n) is 4.84. The van der Waals surface area contributed by atoms with Crippen molar-refractivity contribution in [2.45, 2.75) is 32.5 Å². The van der Waals surface area contributed by atoms with Crippen LogP contribution in [0.25, 0.3) is 11.1 Å². The van der Waals surface area contributed by atoms with Gasteiger partial charge in [-0.1, -0.05) is 72.8 Å². The molecule has 0 aliphatic rings. The fourth-order valence-corrected chi connectivity index (χ4v) is 5.31. The minimum Gasteiger partial charge on any atom is -0.548 e. The van der Waals surface area contributed by atoms with E-state index in [9.17, 15) is 24.8 Å². The molecule has 0 aliphatic heterocycles. The molecule has 0 radical (unpaired) electrons. The van der Waals surface area contributed by atoms with E-state index in [4.69, 9.17) is 0 Å². The predicted molar refractivity (Wildman–Crippen MR) is 165 cm³/mol. The number of nitrogens with one attached hydrogen (secondary N) is 1. The Balaban J connectivity index is 0.00000506. The van der Waals surface area contributed by atoms with Crippen molar-refractivity contribution < 1.29 is 38.5 Å². The van der Waals surface area contributed by atoms with Crippen LogP contribution < -0.4 is 34.2 Å². The van der Waals surface area contributed by atoms with Crippen molar-refractivity contribution in [2.75, 3.05) is 16.9 Å². The molecule has 8 nitrogen and oxygen atoms in total. The molecule has 0 aliphatic carbocycles. The van der Waals surface area contributed by atoms with E-state index in [2.05, 4.69) is 5.32 Å². The number of carboxylic acids is 1. The Kier molecular flexibility index (Phi) is 12.4. The van der Waals surface area contributed by atoms with Gasteiger partial charge in [0.25, 0.3) is 11.6 Å². The number of rotatable bonds is 13. The molecule has 0 fully saturated rings. The molecule has 0 saturated carbocycles. The second-order valence-electron chi connectivity index (χ2n) is 9.91. The minimum absolute atomic E-state index is 0. The number of para-hydroxylation sites is 2. The Labute approximate surface area is 267 Å². The molecule has 0 bridgehead atoms. The van der Waals surface area contributed by atoms with Crippen LogP contribution in [0.15, 0.2) is 97.1 Å². The topological polar surface area (TPSA) is 116 Å². The molecule has 1 atom stereocenters. The molecule has 43 heavy (non-hydrogen) atoms. The summed E-state index contributed by atoms with van der Waals surface area (Å²) >= 11 is 1.49. The molecule has 0 heterocycles. The predicted octanol–water partition coefficient (Wildman–Crippen LogP) is 2.38. The molecule has 4 aromatic carbocycles. The van der Waals surface area contributed by atoms with Crippen molar-refractivity contribution in [2.24, 2.45) is 0 Å². The zero-order valence-electron chi connectivity index (χ0n) is 24.5. The van der Waals surface area contributed by atoms with Gasteiger partial charge in [-0.15, -0.1) is 0 Å². The van der Waals surface area contributed by atoms with E-state index < -0.39 is 17.9 Å². The van der Waals surface area contributed by atoms with Crippen molar-refractivity contribution in [3.63, 3.8) is 0 Å². The number of hydrogen-bond acceptors (Lipinski definition) is 7. The Morgan fingerprint density at radius 3 is 2.21 bits per heavy atom. The first kappa shape index (κ1) is 33.5. The summed E-state index contributed by atoms with van der Waals surface area (Å²) in [5.41, 5.74) is 5.07. The number of hydrogen-bond donors (Lipinski definition) is 1. The Morgan fingerprint density at radius 2 is 1.53 bits per heavy atom. The fraction of sp³-hybridized carbons (Fsp3) is 0.212. The van der Waals surface area contributed by atoms with Crippen LogP contribution in [0.5, 0.6) is 0 Å². The third kappa shape index (κ3) is 8.74. The van der Waals surface area contributed by atoms with Crippen molar-refractivity contribution in [3.8, 4) is 11.1 Å². The van der Waals surface area contributed by atoms with Crippen LogP contribution in [0.4, 0.5) is 11.4 Å². The summed E-state index contributed by atoms with van der Waals surface area (Å²) in [6, 6.07) is 28.3. The number of carboxylic acid groups (broad SMARTS) is 1. The standard InChI is InChI=1S/C33H33N3O5S.Li/c1-23-10-6-7-13-26(23)28-20-25(16-17-27(28)32(37)34-29(33(38)39)18-19-42-2)22-35(21-24-11-4-3-5-12-24)30-14-8-9-15-31(30)36(40)41;/h3-17,20,29H,18-19,21-22H2,1-2H3,(H,34,37)(H,38,39);/q;+1/p-1/t29-;/m0./s1. The number of benzene rings is 4. The van der Waals surface area contributed by atoms with Crippen LogP contribution in [0.1, 0.15) is 33.5 Å². The summed E-state index contributed by atoms with van der Waals surface area (Å²) < 4.78 is 0. The van der Waals surface area contributed by atoms with Crippen LogP contribution in [0.3, 0.4) is 0 Å². The zero-order valence-corrected chi connectivity index (χ0v) is 25.3. The number of aliphatic carboxylic acids is 1. The van der Waals surface area contributed by atoms with E-state index in [0.717, 1.165) is 22.3 Å². The monoisotopic (exact) mass is 589 g/mol. The van der Waals surface area contributed by atoms with Gasteiger partial charge in [0.05, 0.1) is 16.9 Å². The number of nitro benzene ring substituents is 1. The van der Waals surface area contributed by atoms with Gasteiger partial charge in [-0.05, 0) is 71.4 Å². The summed E-state index contributed by atoms with van der Waals surface area (Å²) in [6.07, 6.45) is 2.12. The van der Waals surface area contributed by atoms with Gasteiger partial charge in [-0.3, -0.25) is 14.9 Å². The number of thioether (sulfide) groups is 1. The third-order valence-corrected chi connectivity index (χ3v) is 7.62. The van der Waals surface area contributed by atoms with E-state index in [1.54, 1.807) is 30.3 Å². The van der Waals surface area contributed by atoms with Gasteiger partial charge < -0.3 is 20.1 Å². The van der Waals surface area contributed by atoms with E-state index in [0.29, 0.717) is 35.7 Å². The average molecular weight is 590 g/mol. The summed E-state index contributed by atoms with van der Waals surface area (Å²) in [4.78, 5) is 38.7. The summed E-state index contributed by atoms with van der Waals surface area (Å²) in [5.74, 6) is -1.27.